The van der Waals surface area contributed by atoms with Crippen LogP contribution < -0.4 is 10.6 Å². The largest absolute Gasteiger partial charge is 0.449 e. The molecule has 4 aromatic rings. The summed E-state index contributed by atoms with van der Waals surface area (Å²) in [6.45, 7) is 8.25. The van der Waals surface area contributed by atoms with E-state index in [1.165, 1.54) is 6.33 Å². The number of nitrogens with two attached hydrogens (primary N) is 1. The highest BCUT2D eigenvalue weighted by atomic mass is 16.6. The van der Waals surface area contributed by atoms with Crippen LogP contribution in [0.25, 0.3) is 22.2 Å². The van der Waals surface area contributed by atoms with Crippen LogP contribution in [0, 0.1) is 12.8 Å². The Balaban J connectivity index is 1.25. The summed E-state index contributed by atoms with van der Waals surface area (Å²) in [6.07, 6.45) is 4.44. The maximum Gasteiger partial charge on any atom is 0.409 e. The Hall–Kier alpha value is -4.40. The molecule has 40 heavy (non-hydrogen) atoms. The highest BCUT2D eigenvalue weighted by molar-refractivity contribution is 6.02. The van der Waals surface area contributed by atoms with Crippen molar-refractivity contribution in [2.24, 2.45) is 5.92 Å². The molecule has 4 heterocycles. The number of hydrogen-bond donors (Lipinski definition) is 1. The fraction of sp³-hybridized carbons (Fsp3) is 0.355. The van der Waals surface area contributed by atoms with Gasteiger partial charge >= 0.3 is 6.09 Å². The van der Waals surface area contributed by atoms with Crippen molar-refractivity contribution in [1.82, 2.24) is 19.4 Å². The third-order valence-corrected chi connectivity index (χ3v) is 7.72. The Morgan fingerprint density at radius 1 is 1.12 bits per heavy atom. The van der Waals surface area contributed by atoms with E-state index in [0.29, 0.717) is 44.4 Å². The van der Waals surface area contributed by atoms with Gasteiger partial charge in [-0.25, -0.2) is 14.8 Å². The number of fused-ring (bicyclic) bond motifs is 2. The molecule has 2 N–H and O–H groups in total. The first-order valence-corrected chi connectivity index (χ1v) is 13.8. The third kappa shape index (κ3) is 4.76. The molecule has 0 aliphatic carbocycles. The van der Waals surface area contributed by atoms with Gasteiger partial charge < -0.3 is 24.8 Å². The number of aryl methyl sites for hydroxylation is 1. The highest BCUT2D eigenvalue weighted by Crippen LogP contribution is 2.39. The summed E-state index contributed by atoms with van der Waals surface area (Å²) < 4.78 is 7.48. The quantitative estimate of drug-likeness (QED) is 0.379. The topological polar surface area (TPSA) is 107 Å². The van der Waals surface area contributed by atoms with Crippen molar-refractivity contribution >= 4 is 34.5 Å². The highest BCUT2D eigenvalue weighted by Gasteiger charge is 2.35. The number of amides is 2. The SMILES string of the molecule is Cc1cccc(CC(=O)N2CCc3cc(-c4cn(C5CN(C(=O)OCC(C)C)C5)c5ncnc(N)c45)ccc32)c1. The molecule has 1 saturated heterocycles. The van der Waals surface area contributed by atoms with Gasteiger partial charge in [-0.3, -0.25) is 4.79 Å². The van der Waals surface area contributed by atoms with Gasteiger partial charge in [-0.1, -0.05) is 49.7 Å². The zero-order valence-electron chi connectivity index (χ0n) is 23.1. The summed E-state index contributed by atoms with van der Waals surface area (Å²) in [4.78, 5) is 38.0. The molecule has 2 amide bonds. The second-order valence-corrected chi connectivity index (χ2v) is 11.2. The van der Waals surface area contributed by atoms with Crippen molar-refractivity contribution in [3.05, 3.63) is 71.7 Å². The molecule has 0 bridgehead atoms. The number of likely N-dealkylation sites (tertiary alicyclic amines) is 1. The van der Waals surface area contributed by atoms with Crippen LogP contribution in [-0.2, 0) is 22.4 Å². The molecule has 2 aromatic carbocycles. The Morgan fingerprint density at radius 2 is 1.95 bits per heavy atom. The second-order valence-electron chi connectivity index (χ2n) is 11.2. The van der Waals surface area contributed by atoms with Crippen LogP contribution in [0.15, 0.2) is 55.0 Å². The van der Waals surface area contributed by atoms with Crippen LogP contribution in [0.5, 0.6) is 0 Å². The first kappa shape index (κ1) is 25.9. The zero-order chi connectivity index (χ0) is 28.0. The monoisotopic (exact) mass is 538 g/mol. The molecule has 206 valence electrons. The number of ether oxygens (including phenoxy) is 1. The van der Waals surface area contributed by atoms with Crippen molar-refractivity contribution in [1.29, 1.82) is 0 Å². The summed E-state index contributed by atoms with van der Waals surface area (Å²) in [5, 5.41) is 0.800. The minimum Gasteiger partial charge on any atom is -0.449 e. The van der Waals surface area contributed by atoms with Gasteiger partial charge in [-0.05, 0) is 48.1 Å². The maximum atomic E-state index is 13.2. The number of nitrogen functional groups attached to an aromatic ring is 1. The minimum atomic E-state index is -0.282. The minimum absolute atomic E-state index is 0.0707. The fourth-order valence-corrected chi connectivity index (χ4v) is 5.64. The van der Waals surface area contributed by atoms with Crippen molar-refractivity contribution in [2.75, 3.05) is 36.9 Å². The molecule has 0 saturated carbocycles. The molecular formula is C31H34N6O3. The van der Waals surface area contributed by atoms with E-state index >= 15 is 0 Å². The van der Waals surface area contributed by atoms with Gasteiger partial charge in [-0.2, -0.15) is 0 Å². The van der Waals surface area contributed by atoms with E-state index in [4.69, 9.17) is 10.5 Å². The normalized spacial score (nSPS) is 15.0. The van der Waals surface area contributed by atoms with E-state index in [1.807, 2.05) is 56.0 Å². The Labute approximate surface area is 233 Å². The van der Waals surface area contributed by atoms with Gasteiger partial charge in [0.05, 0.1) is 24.5 Å². The van der Waals surface area contributed by atoms with Gasteiger partial charge in [-0.15, -0.1) is 0 Å². The predicted octanol–water partition coefficient (Wildman–Crippen LogP) is 4.77. The molecule has 6 rings (SSSR count). The molecule has 0 radical (unpaired) electrons. The van der Waals surface area contributed by atoms with Crippen LogP contribution in [0.3, 0.4) is 0 Å². The van der Waals surface area contributed by atoms with Crippen molar-refractivity contribution < 1.29 is 14.3 Å². The lowest BCUT2D eigenvalue weighted by Crippen LogP contribution is -2.51. The number of anilines is 2. The Kier molecular flexibility index (Phi) is 6.65. The van der Waals surface area contributed by atoms with E-state index in [9.17, 15) is 9.59 Å². The molecule has 2 aliphatic rings. The smallest absolute Gasteiger partial charge is 0.409 e. The number of hydrogen-bond acceptors (Lipinski definition) is 6. The summed E-state index contributed by atoms with van der Waals surface area (Å²) >= 11 is 0. The van der Waals surface area contributed by atoms with Gasteiger partial charge in [0, 0.05) is 37.1 Å². The van der Waals surface area contributed by atoms with Crippen LogP contribution >= 0.6 is 0 Å². The molecular weight excluding hydrogens is 504 g/mol. The molecule has 0 spiro atoms. The van der Waals surface area contributed by atoms with Gasteiger partial charge in [0.25, 0.3) is 0 Å². The van der Waals surface area contributed by atoms with E-state index < -0.39 is 0 Å². The lowest BCUT2D eigenvalue weighted by molar-refractivity contribution is -0.117. The molecule has 0 unspecified atom stereocenters. The number of benzene rings is 2. The third-order valence-electron chi connectivity index (χ3n) is 7.72. The van der Waals surface area contributed by atoms with Crippen molar-refractivity contribution in [3.63, 3.8) is 0 Å². The summed E-state index contributed by atoms with van der Waals surface area (Å²) in [6, 6.07) is 14.4. The van der Waals surface area contributed by atoms with Gasteiger partial charge in [0.1, 0.15) is 17.8 Å². The van der Waals surface area contributed by atoms with E-state index in [2.05, 4.69) is 32.9 Å². The average molecular weight is 539 g/mol. The van der Waals surface area contributed by atoms with E-state index in [1.54, 1.807) is 4.90 Å². The molecule has 9 nitrogen and oxygen atoms in total. The number of aromatic nitrogens is 3. The average Bonchev–Trinajstić information content (AvgIpc) is 3.49. The summed E-state index contributed by atoms with van der Waals surface area (Å²) in [7, 11) is 0. The Bertz CT molecular complexity index is 1600. The van der Waals surface area contributed by atoms with Gasteiger partial charge in [0.2, 0.25) is 5.91 Å². The van der Waals surface area contributed by atoms with Crippen LogP contribution in [0.1, 0.15) is 36.6 Å². The number of nitrogens with zero attached hydrogens (tertiary/aromatic N) is 5. The fourth-order valence-electron chi connectivity index (χ4n) is 5.64. The first-order valence-electron chi connectivity index (χ1n) is 13.8. The number of rotatable bonds is 6. The van der Waals surface area contributed by atoms with E-state index in [-0.39, 0.29) is 18.0 Å². The molecule has 2 aliphatic heterocycles. The predicted molar refractivity (Wildman–Crippen MR) is 155 cm³/mol. The zero-order valence-corrected chi connectivity index (χ0v) is 23.1. The molecule has 1 fully saturated rings. The van der Waals surface area contributed by atoms with Crippen LogP contribution in [0.2, 0.25) is 0 Å². The van der Waals surface area contributed by atoms with E-state index in [0.717, 1.165) is 51.0 Å². The summed E-state index contributed by atoms with van der Waals surface area (Å²) in [5.74, 6) is 0.817. The standard InChI is InChI=1S/C31H34N6O3/c1-19(2)17-40-31(39)35-14-24(15-35)37-16-25(28-29(32)33-18-34-30(28)37)22-7-8-26-23(13-22)9-10-36(26)27(38)12-21-6-4-5-20(3)11-21/h4-8,11,13,16,18-19,24H,9-10,12,14-15,17H2,1-3H3,(H2,32,33,34). The van der Waals surface area contributed by atoms with Crippen LogP contribution in [0.4, 0.5) is 16.3 Å². The molecule has 2 aromatic heterocycles. The second kappa shape index (κ2) is 10.3. The summed E-state index contributed by atoms with van der Waals surface area (Å²) in [5.41, 5.74) is 13.3. The van der Waals surface area contributed by atoms with Crippen molar-refractivity contribution in [3.8, 4) is 11.1 Å². The van der Waals surface area contributed by atoms with Gasteiger partial charge in [0.15, 0.2) is 0 Å². The maximum absolute atomic E-state index is 13.2. The number of carbonyl (C=O) groups is 2. The Morgan fingerprint density at radius 3 is 2.73 bits per heavy atom. The number of carbonyl (C=O) groups excluding carboxylic acids is 2. The molecule has 0 atom stereocenters. The van der Waals surface area contributed by atoms with Crippen molar-refractivity contribution in [2.45, 2.75) is 39.7 Å². The van der Waals surface area contributed by atoms with Crippen LogP contribution in [-0.4, -0.2) is 57.7 Å². The molecule has 9 heteroatoms. The lowest BCUT2D eigenvalue weighted by atomic mass is 10.0. The first-order chi connectivity index (χ1) is 19.3. The lowest BCUT2D eigenvalue weighted by Gasteiger charge is -2.39.